The number of halogens is 1. The minimum atomic E-state index is -0.518. The zero-order valence-electron chi connectivity index (χ0n) is 14.4. The first kappa shape index (κ1) is 18.5. The number of aliphatic hydroxyl groups is 1. The topological polar surface area (TPSA) is 41.5 Å². The summed E-state index contributed by atoms with van der Waals surface area (Å²) in [6.45, 7) is 1.59. The van der Waals surface area contributed by atoms with Crippen LogP contribution in [0.4, 0.5) is 0 Å². The van der Waals surface area contributed by atoms with Gasteiger partial charge in [-0.2, -0.15) is 0 Å². The minimum absolute atomic E-state index is 0.434. The van der Waals surface area contributed by atoms with E-state index in [-0.39, 0.29) is 0 Å². The number of aliphatic hydroxyl groups excluding tert-OH is 1. The third-order valence-electron chi connectivity index (χ3n) is 4.10. The lowest BCUT2D eigenvalue weighted by Crippen LogP contribution is -2.21. The molecule has 0 aliphatic carbocycles. The smallest absolute Gasteiger partial charge is 0.120 e. The second-order valence-corrected chi connectivity index (χ2v) is 6.49. The van der Waals surface area contributed by atoms with Crippen LogP contribution in [-0.2, 0) is 13.2 Å². The number of benzene rings is 3. The van der Waals surface area contributed by atoms with Gasteiger partial charge in [-0.1, -0.05) is 72.3 Å². The van der Waals surface area contributed by atoms with E-state index in [1.807, 2.05) is 78.9 Å². The number of rotatable bonds is 8. The fourth-order valence-electron chi connectivity index (χ4n) is 2.67. The Balaban J connectivity index is 1.50. The van der Waals surface area contributed by atoms with E-state index in [2.05, 4.69) is 5.32 Å². The number of hydrogen-bond acceptors (Lipinski definition) is 3. The van der Waals surface area contributed by atoms with Crippen LogP contribution in [0.15, 0.2) is 78.9 Å². The Morgan fingerprint density at radius 1 is 0.923 bits per heavy atom. The van der Waals surface area contributed by atoms with E-state index in [4.69, 9.17) is 16.3 Å². The molecule has 0 spiro atoms. The molecule has 0 saturated carbocycles. The third kappa shape index (κ3) is 5.33. The van der Waals surface area contributed by atoms with Crippen LogP contribution in [-0.4, -0.2) is 11.7 Å². The van der Waals surface area contributed by atoms with Crippen molar-refractivity contribution in [3.63, 3.8) is 0 Å². The molecule has 3 aromatic rings. The molecule has 0 radical (unpaired) electrons. The molecule has 2 N–H and O–H groups in total. The molecule has 0 aliphatic heterocycles. The molecule has 0 aromatic heterocycles. The van der Waals surface area contributed by atoms with Gasteiger partial charge in [0.1, 0.15) is 12.4 Å². The third-order valence-corrected chi connectivity index (χ3v) is 4.47. The Morgan fingerprint density at radius 3 is 2.50 bits per heavy atom. The van der Waals surface area contributed by atoms with Crippen LogP contribution in [0.5, 0.6) is 5.75 Å². The van der Waals surface area contributed by atoms with Crippen molar-refractivity contribution in [1.82, 2.24) is 5.32 Å². The van der Waals surface area contributed by atoms with Gasteiger partial charge >= 0.3 is 0 Å². The molecule has 0 heterocycles. The predicted octanol–water partition coefficient (Wildman–Crippen LogP) is 4.74. The van der Waals surface area contributed by atoms with Crippen LogP contribution >= 0.6 is 11.6 Å². The maximum absolute atomic E-state index is 10.2. The normalized spacial score (nSPS) is 11.9. The van der Waals surface area contributed by atoms with Gasteiger partial charge in [-0.05, 0) is 29.3 Å². The fraction of sp³-hybridized carbons (Fsp3) is 0.182. The van der Waals surface area contributed by atoms with Gasteiger partial charge in [0.2, 0.25) is 0 Å². The number of hydrogen-bond donors (Lipinski definition) is 2. The molecule has 1 atom stereocenters. The summed E-state index contributed by atoms with van der Waals surface area (Å²) in [7, 11) is 0. The van der Waals surface area contributed by atoms with Crippen LogP contribution < -0.4 is 10.1 Å². The molecule has 3 aromatic carbocycles. The Morgan fingerprint density at radius 2 is 1.69 bits per heavy atom. The maximum atomic E-state index is 10.2. The zero-order valence-corrected chi connectivity index (χ0v) is 15.2. The molecule has 3 rings (SSSR count). The van der Waals surface area contributed by atoms with E-state index in [1.54, 1.807) is 0 Å². The lowest BCUT2D eigenvalue weighted by Gasteiger charge is -2.13. The van der Waals surface area contributed by atoms with E-state index < -0.39 is 6.10 Å². The molecule has 3 nitrogen and oxygen atoms in total. The largest absolute Gasteiger partial charge is 0.489 e. The van der Waals surface area contributed by atoms with Gasteiger partial charge in [0.25, 0.3) is 0 Å². The summed E-state index contributed by atoms with van der Waals surface area (Å²) in [6, 6.07) is 25.2. The summed E-state index contributed by atoms with van der Waals surface area (Å²) in [6.07, 6.45) is -0.518. The molecular formula is C22H22ClNO2. The van der Waals surface area contributed by atoms with Crippen LogP contribution in [0.2, 0.25) is 5.02 Å². The van der Waals surface area contributed by atoms with Crippen molar-refractivity contribution in [3.8, 4) is 5.75 Å². The molecule has 26 heavy (non-hydrogen) atoms. The second kappa shape index (κ2) is 9.39. The van der Waals surface area contributed by atoms with Crippen molar-refractivity contribution in [3.05, 3.63) is 101 Å². The van der Waals surface area contributed by atoms with Crippen molar-refractivity contribution in [2.75, 3.05) is 6.54 Å². The number of ether oxygens (including phenoxy) is 1. The van der Waals surface area contributed by atoms with Crippen LogP contribution in [0.1, 0.15) is 22.8 Å². The highest BCUT2D eigenvalue weighted by Gasteiger charge is 2.06. The zero-order chi connectivity index (χ0) is 18.2. The average molecular weight is 368 g/mol. The van der Waals surface area contributed by atoms with Crippen LogP contribution in [0.25, 0.3) is 0 Å². The van der Waals surface area contributed by atoms with Crippen molar-refractivity contribution < 1.29 is 9.84 Å². The molecule has 0 amide bonds. The van der Waals surface area contributed by atoms with E-state index >= 15 is 0 Å². The number of nitrogens with one attached hydrogen (secondary N) is 1. The van der Waals surface area contributed by atoms with Gasteiger partial charge in [0, 0.05) is 23.7 Å². The van der Waals surface area contributed by atoms with Crippen molar-refractivity contribution in [2.24, 2.45) is 0 Å². The van der Waals surface area contributed by atoms with Gasteiger partial charge < -0.3 is 15.2 Å². The molecule has 134 valence electrons. The SMILES string of the molecule is OC(CNCc1cccc(OCc2ccccc2Cl)c1)c1ccccc1. The summed E-state index contributed by atoms with van der Waals surface area (Å²) in [5, 5.41) is 14.2. The first-order valence-corrected chi connectivity index (χ1v) is 8.99. The molecule has 0 saturated heterocycles. The summed E-state index contributed by atoms with van der Waals surface area (Å²) in [4.78, 5) is 0. The van der Waals surface area contributed by atoms with Gasteiger partial charge in [-0.25, -0.2) is 0 Å². The van der Waals surface area contributed by atoms with Gasteiger partial charge in [0.05, 0.1) is 6.10 Å². The van der Waals surface area contributed by atoms with Crippen molar-refractivity contribution >= 4 is 11.6 Å². The van der Waals surface area contributed by atoms with E-state index in [1.165, 1.54) is 0 Å². The summed E-state index contributed by atoms with van der Waals surface area (Å²) >= 11 is 6.16. The minimum Gasteiger partial charge on any atom is -0.489 e. The highest BCUT2D eigenvalue weighted by molar-refractivity contribution is 6.31. The molecule has 4 heteroatoms. The quantitative estimate of drug-likeness (QED) is 0.604. The lowest BCUT2D eigenvalue weighted by atomic mass is 10.1. The average Bonchev–Trinajstić information content (AvgIpc) is 2.68. The van der Waals surface area contributed by atoms with Crippen LogP contribution in [0.3, 0.4) is 0 Å². The van der Waals surface area contributed by atoms with E-state index in [0.29, 0.717) is 24.7 Å². The summed E-state index contributed by atoms with van der Waals surface area (Å²) in [5.41, 5.74) is 2.97. The Labute approximate surface area is 159 Å². The first-order chi connectivity index (χ1) is 12.7. The van der Waals surface area contributed by atoms with E-state index in [9.17, 15) is 5.11 Å². The summed E-state index contributed by atoms with van der Waals surface area (Å²) < 4.78 is 5.85. The molecule has 0 aliphatic rings. The monoisotopic (exact) mass is 367 g/mol. The first-order valence-electron chi connectivity index (χ1n) is 8.61. The Hall–Kier alpha value is -2.33. The van der Waals surface area contributed by atoms with E-state index in [0.717, 1.165) is 22.4 Å². The fourth-order valence-corrected chi connectivity index (χ4v) is 2.86. The summed E-state index contributed by atoms with van der Waals surface area (Å²) in [5.74, 6) is 0.799. The highest BCUT2D eigenvalue weighted by Crippen LogP contribution is 2.19. The molecule has 0 bridgehead atoms. The van der Waals surface area contributed by atoms with Crippen molar-refractivity contribution in [1.29, 1.82) is 0 Å². The Kier molecular flexibility index (Phi) is 6.67. The predicted molar refractivity (Wildman–Crippen MR) is 105 cm³/mol. The highest BCUT2D eigenvalue weighted by atomic mass is 35.5. The maximum Gasteiger partial charge on any atom is 0.120 e. The van der Waals surface area contributed by atoms with Gasteiger partial charge in [-0.3, -0.25) is 0 Å². The molecular weight excluding hydrogens is 346 g/mol. The van der Waals surface area contributed by atoms with Crippen LogP contribution in [0, 0.1) is 0 Å². The van der Waals surface area contributed by atoms with Crippen molar-refractivity contribution in [2.45, 2.75) is 19.3 Å². The second-order valence-electron chi connectivity index (χ2n) is 6.08. The lowest BCUT2D eigenvalue weighted by molar-refractivity contribution is 0.174. The van der Waals surface area contributed by atoms with Gasteiger partial charge in [-0.15, -0.1) is 0 Å². The molecule has 1 unspecified atom stereocenters. The standard InChI is InChI=1S/C22H22ClNO2/c23-21-12-5-4-10-19(21)16-26-20-11-6-7-17(13-20)14-24-15-22(25)18-8-2-1-3-9-18/h1-13,22,24-25H,14-16H2. The molecule has 0 fully saturated rings. The Bertz CT molecular complexity index is 823. The van der Waals surface area contributed by atoms with Gasteiger partial charge in [0.15, 0.2) is 0 Å².